The van der Waals surface area contributed by atoms with Crippen LogP contribution in [0.15, 0.2) is 72.8 Å². The first-order chi connectivity index (χ1) is 32.6. The molecule has 17 heteroatoms. The fourth-order valence-electron chi connectivity index (χ4n) is 10.4. The van der Waals surface area contributed by atoms with Crippen LogP contribution in [-0.4, -0.2) is 137 Å². The van der Waals surface area contributed by atoms with Crippen molar-refractivity contribution < 1.29 is 33.8 Å². The Morgan fingerprint density at radius 3 is 2.31 bits per heavy atom. The number of piperazine rings is 2. The molecule has 0 aliphatic carbocycles. The van der Waals surface area contributed by atoms with Crippen molar-refractivity contribution >= 4 is 52.4 Å². The van der Waals surface area contributed by atoms with Gasteiger partial charge in [0.2, 0.25) is 17.7 Å². The lowest BCUT2D eigenvalue weighted by Crippen LogP contribution is -2.54. The Balaban J connectivity index is 0.640. The number of unbranched alkanes of at least 4 members (excludes halogenated alkanes) is 5. The number of hydrogen-bond donors (Lipinski definition) is 4. The van der Waals surface area contributed by atoms with Crippen LogP contribution in [0.25, 0.3) is 11.3 Å². The summed E-state index contributed by atoms with van der Waals surface area (Å²) in [4.78, 5) is 73.7. The van der Waals surface area contributed by atoms with Gasteiger partial charge >= 0.3 is 0 Å². The molecule has 4 fully saturated rings. The number of nitrogens with zero attached hydrogens (tertiary/aromatic N) is 7. The quantitative estimate of drug-likeness (QED) is 0.0762. The summed E-state index contributed by atoms with van der Waals surface area (Å²) in [6.45, 7) is 6.73. The standard InChI is InChI=1S/C50H60N10O7/c51-47-42(30-40(54-55-47)37-13-6-7-16-43(37)61)58-31-34-18-19-35(32-58)59(34)33-11-9-12-36(29-33)67-28-27-56-23-25-57(26-24-56)45(63)17-5-3-1-2-4-8-22-52-39-15-10-14-38-46(39)50(66)60(49(38)65)41-20-21-44(62)53-48(41)64/h6-7,9-16,29-30,34-35,41,52,61H,1-5,8,17-28,31-32H2,(H2,51,55)(H,53,62,64). The third-order valence-electron chi connectivity index (χ3n) is 13.9. The van der Waals surface area contributed by atoms with Crippen LogP contribution in [0.3, 0.4) is 0 Å². The van der Waals surface area contributed by atoms with Crippen LogP contribution in [0.2, 0.25) is 0 Å². The van der Waals surface area contributed by atoms with Crippen LogP contribution >= 0.6 is 0 Å². The van der Waals surface area contributed by atoms with Crippen LogP contribution in [0, 0.1) is 0 Å². The number of carbonyl (C=O) groups is 5. The molecule has 2 bridgehead atoms. The highest BCUT2D eigenvalue weighted by molar-refractivity contribution is 6.25. The summed E-state index contributed by atoms with van der Waals surface area (Å²) >= 11 is 0. The number of para-hydroxylation sites is 1. The minimum atomic E-state index is -0.989. The van der Waals surface area contributed by atoms with E-state index in [1.54, 1.807) is 30.3 Å². The van der Waals surface area contributed by atoms with Crippen LogP contribution in [0.1, 0.15) is 91.3 Å². The molecule has 3 aromatic carbocycles. The minimum Gasteiger partial charge on any atom is -0.507 e. The monoisotopic (exact) mass is 912 g/mol. The summed E-state index contributed by atoms with van der Waals surface area (Å²) in [7, 11) is 0. The van der Waals surface area contributed by atoms with E-state index in [0.717, 1.165) is 119 Å². The van der Waals surface area contributed by atoms with Gasteiger partial charge in [-0.1, -0.05) is 49.9 Å². The predicted molar refractivity (Wildman–Crippen MR) is 254 cm³/mol. The molecule has 0 saturated carbocycles. The summed E-state index contributed by atoms with van der Waals surface area (Å²) < 4.78 is 6.30. The van der Waals surface area contributed by atoms with Crippen molar-refractivity contribution in [3.05, 3.63) is 83.9 Å². The third kappa shape index (κ3) is 10.0. The Kier molecular flexibility index (Phi) is 13.8. The van der Waals surface area contributed by atoms with Gasteiger partial charge in [0.05, 0.1) is 22.5 Å². The number of amides is 5. The van der Waals surface area contributed by atoms with Gasteiger partial charge in [-0.25, -0.2) is 0 Å². The second-order valence-electron chi connectivity index (χ2n) is 18.3. The zero-order chi connectivity index (χ0) is 46.4. The largest absolute Gasteiger partial charge is 0.507 e. The van der Waals surface area contributed by atoms with E-state index < -0.39 is 29.7 Å². The average molecular weight is 913 g/mol. The molecule has 352 valence electrons. The van der Waals surface area contributed by atoms with Crippen molar-refractivity contribution in [2.24, 2.45) is 0 Å². The maximum atomic E-state index is 13.3. The SMILES string of the molecule is Nc1nnc(-c2ccccc2O)cc1N1CC2CCC(C1)N2c1cccc(OCCN2CCN(C(=O)CCCCCCCCNc3cccc4c3C(=O)N(C3CCC(=O)NC3=O)C4=O)CC2)c1. The normalized spacial score (nSPS) is 20.6. The maximum Gasteiger partial charge on any atom is 0.264 e. The molecule has 9 rings (SSSR count). The molecule has 5 N–H and O–H groups in total. The van der Waals surface area contributed by atoms with E-state index in [-0.39, 0.29) is 35.6 Å². The Morgan fingerprint density at radius 2 is 1.54 bits per heavy atom. The summed E-state index contributed by atoms with van der Waals surface area (Å²) in [6.07, 6.45) is 8.76. The van der Waals surface area contributed by atoms with Crippen LogP contribution in [0.5, 0.6) is 11.5 Å². The maximum absolute atomic E-state index is 13.3. The van der Waals surface area contributed by atoms with Gasteiger partial charge in [-0.2, -0.15) is 0 Å². The molecule has 0 spiro atoms. The summed E-state index contributed by atoms with van der Waals surface area (Å²) in [5.41, 5.74) is 10.7. The number of aromatic hydroxyl groups is 1. The number of nitrogens with two attached hydrogens (primary N) is 1. The van der Waals surface area contributed by atoms with E-state index in [1.165, 1.54) is 0 Å². The number of benzene rings is 3. The van der Waals surface area contributed by atoms with E-state index in [1.807, 2.05) is 29.2 Å². The average Bonchev–Trinajstić information content (AvgIpc) is 3.75. The smallest absolute Gasteiger partial charge is 0.264 e. The molecule has 3 unspecified atom stereocenters. The van der Waals surface area contributed by atoms with Crippen molar-refractivity contribution in [2.45, 2.75) is 88.8 Å². The van der Waals surface area contributed by atoms with Crippen molar-refractivity contribution in [2.75, 3.05) is 79.8 Å². The number of aromatic nitrogens is 2. The Bertz CT molecular complexity index is 2480. The number of phenols is 1. The summed E-state index contributed by atoms with van der Waals surface area (Å²) in [5, 5.41) is 24.5. The summed E-state index contributed by atoms with van der Waals surface area (Å²) in [5.74, 6) is -0.414. The number of nitrogen functional groups attached to an aromatic ring is 1. The first kappa shape index (κ1) is 45.4. The fourth-order valence-corrected chi connectivity index (χ4v) is 10.4. The van der Waals surface area contributed by atoms with E-state index in [2.05, 4.69) is 53.7 Å². The van der Waals surface area contributed by atoms with Gasteiger partial charge in [-0.05, 0) is 74.6 Å². The van der Waals surface area contributed by atoms with Gasteiger partial charge in [0.1, 0.15) is 24.1 Å². The van der Waals surface area contributed by atoms with Crippen LogP contribution in [-0.2, 0) is 14.4 Å². The minimum absolute atomic E-state index is 0.0816. The molecule has 17 nitrogen and oxygen atoms in total. The molecule has 5 aliphatic heterocycles. The first-order valence-electron chi connectivity index (χ1n) is 23.9. The van der Waals surface area contributed by atoms with Gasteiger partial charge in [0.15, 0.2) is 5.82 Å². The zero-order valence-electron chi connectivity index (χ0n) is 37.9. The van der Waals surface area contributed by atoms with Crippen LogP contribution < -0.4 is 30.9 Å². The highest BCUT2D eigenvalue weighted by Crippen LogP contribution is 2.40. The number of anilines is 4. The number of phenolic OH excluding ortho intramolecular Hbond substituents is 1. The number of hydrogen-bond acceptors (Lipinski definition) is 14. The zero-order valence-corrected chi connectivity index (χ0v) is 37.9. The molecular formula is C50H60N10O7. The van der Waals surface area contributed by atoms with E-state index in [9.17, 15) is 29.1 Å². The number of imide groups is 2. The number of ether oxygens (including phenoxy) is 1. The molecule has 4 aromatic rings. The molecule has 6 heterocycles. The van der Waals surface area contributed by atoms with Gasteiger partial charge in [0, 0.05) is 100 Å². The van der Waals surface area contributed by atoms with E-state index >= 15 is 0 Å². The topological polar surface area (TPSA) is 207 Å². The highest BCUT2D eigenvalue weighted by atomic mass is 16.5. The summed E-state index contributed by atoms with van der Waals surface area (Å²) in [6, 6.07) is 22.2. The number of piperidine rings is 1. The molecule has 67 heavy (non-hydrogen) atoms. The number of nitrogens with one attached hydrogen (secondary N) is 2. The van der Waals surface area contributed by atoms with Gasteiger partial charge < -0.3 is 35.6 Å². The van der Waals surface area contributed by atoms with E-state index in [4.69, 9.17) is 10.5 Å². The lowest BCUT2D eigenvalue weighted by molar-refractivity contribution is -0.136. The molecule has 5 aliphatic rings. The van der Waals surface area contributed by atoms with Crippen molar-refractivity contribution in [3.8, 4) is 22.8 Å². The Labute approximate surface area is 390 Å². The third-order valence-corrected chi connectivity index (χ3v) is 13.9. The van der Waals surface area contributed by atoms with Gasteiger partial charge in [-0.3, -0.25) is 39.1 Å². The lowest BCUT2D eigenvalue weighted by atomic mass is 10.0. The van der Waals surface area contributed by atoms with Gasteiger partial charge in [-0.15, -0.1) is 10.2 Å². The lowest BCUT2D eigenvalue weighted by Gasteiger charge is -2.43. The molecule has 0 radical (unpaired) electrons. The van der Waals surface area contributed by atoms with E-state index in [0.29, 0.717) is 54.4 Å². The molecule has 5 amide bonds. The van der Waals surface area contributed by atoms with Crippen molar-refractivity contribution in [1.82, 2.24) is 30.2 Å². The van der Waals surface area contributed by atoms with Gasteiger partial charge in [0.25, 0.3) is 11.8 Å². The molecule has 3 atom stereocenters. The van der Waals surface area contributed by atoms with Crippen molar-refractivity contribution in [1.29, 1.82) is 0 Å². The predicted octanol–water partition coefficient (Wildman–Crippen LogP) is 5.06. The number of fused-ring (bicyclic) bond motifs is 3. The number of carbonyl (C=O) groups excluding carboxylic acids is 5. The Hall–Kier alpha value is -6.75. The molecular weight excluding hydrogens is 853 g/mol. The first-order valence-corrected chi connectivity index (χ1v) is 23.9. The molecule has 1 aromatic heterocycles. The Morgan fingerprint density at radius 1 is 0.806 bits per heavy atom. The molecule has 4 saturated heterocycles. The second-order valence-corrected chi connectivity index (χ2v) is 18.3. The van der Waals surface area contributed by atoms with Crippen LogP contribution in [0.4, 0.5) is 22.9 Å². The fraction of sp³-hybridized carbons (Fsp3) is 0.460. The highest BCUT2D eigenvalue weighted by Gasteiger charge is 2.46. The number of rotatable bonds is 18. The van der Waals surface area contributed by atoms with Crippen molar-refractivity contribution in [3.63, 3.8) is 0 Å². The second kappa shape index (κ2) is 20.4.